The maximum Gasteiger partial charge on any atom is 0.303 e. The van der Waals surface area contributed by atoms with Gasteiger partial charge in [0.15, 0.2) is 6.10 Å². The summed E-state index contributed by atoms with van der Waals surface area (Å²) in [5.74, 6) is -0.726. The maximum atomic E-state index is 14.2. The Labute approximate surface area is 287 Å². The molecule has 5 aromatic carbocycles. The highest BCUT2D eigenvalue weighted by molar-refractivity contribution is 7.99. The van der Waals surface area contributed by atoms with Gasteiger partial charge in [-0.2, -0.15) is 0 Å². The van der Waals surface area contributed by atoms with Gasteiger partial charge in [-0.25, -0.2) is 0 Å². The summed E-state index contributed by atoms with van der Waals surface area (Å²) in [7, 11) is 1.86. The van der Waals surface area contributed by atoms with Gasteiger partial charge in [-0.05, 0) is 53.9 Å². The molecular weight excluding hydrogens is 617 g/mol. The number of benzene rings is 5. The molecule has 1 heterocycles. The molecule has 0 aliphatic carbocycles. The zero-order chi connectivity index (χ0) is 33.5. The third-order valence-electron chi connectivity index (χ3n) is 8.63. The molecule has 5 aromatic rings. The third-order valence-corrected chi connectivity index (χ3v) is 9.99. The molecule has 244 valence electrons. The lowest BCUT2D eigenvalue weighted by atomic mass is 9.80. The molecule has 48 heavy (non-hydrogen) atoms. The molecule has 0 spiro atoms. The summed E-state index contributed by atoms with van der Waals surface area (Å²) in [6, 6.07) is 45.2. The second-order valence-electron chi connectivity index (χ2n) is 11.9. The molecule has 0 radical (unpaired) electrons. The van der Waals surface area contributed by atoms with Gasteiger partial charge >= 0.3 is 5.97 Å². The lowest BCUT2D eigenvalue weighted by molar-refractivity contribution is -0.152. The lowest BCUT2D eigenvalue weighted by Crippen LogP contribution is -2.45. The molecule has 1 N–H and O–H groups in total. The van der Waals surface area contributed by atoms with Crippen molar-refractivity contribution in [1.82, 2.24) is 5.32 Å². The number of anilines is 1. The minimum absolute atomic E-state index is 0.238. The number of esters is 1. The Balaban J connectivity index is 1.43. The number of thioether (sulfide) groups is 1. The maximum absolute atomic E-state index is 14.2. The van der Waals surface area contributed by atoms with E-state index in [4.69, 9.17) is 9.47 Å². The summed E-state index contributed by atoms with van der Waals surface area (Å²) in [5, 5.41) is 2.72. The zero-order valence-electron chi connectivity index (χ0n) is 27.5. The van der Waals surface area contributed by atoms with Crippen LogP contribution in [0.1, 0.15) is 45.6 Å². The Morgan fingerprint density at radius 3 is 1.90 bits per heavy atom. The highest BCUT2D eigenvalue weighted by Gasteiger charge is 2.41. The highest BCUT2D eigenvalue weighted by Crippen LogP contribution is 2.48. The van der Waals surface area contributed by atoms with Crippen molar-refractivity contribution in [2.75, 3.05) is 25.0 Å². The van der Waals surface area contributed by atoms with Crippen molar-refractivity contribution < 1.29 is 19.1 Å². The number of fused-ring (bicyclic) bond motifs is 1. The predicted octanol–water partition coefficient (Wildman–Crippen LogP) is 7.83. The molecule has 1 aliphatic rings. The molecule has 0 unspecified atom stereocenters. The molecule has 7 heteroatoms. The number of nitrogens with one attached hydrogen (secondary N) is 1. The predicted molar refractivity (Wildman–Crippen MR) is 192 cm³/mol. The van der Waals surface area contributed by atoms with Gasteiger partial charge in [-0.1, -0.05) is 127 Å². The van der Waals surface area contributed by atoms with Crippen LogP contribution in [0.3, 0.4) is 0 Å². The fourth-order valence-corrected chi connectivity index (χ4v) is 7.65. The van der Waals surface area contributed by atoms with Crippen molar-refractivity contribution in [2.24, 2.45) is 0 Å². The first-order valence-corrected chi connectivity index (χ1v) is 17.1. The fraction of sp³-hybridized carbons (Fsp3) is 0.220. The van der Waals surface area contributed by atoms with Gasteiger partial charge in [0.2, 0.25) is 0 Å². The Morgan fingerprint density at radius 1 is 0.812 bits per heavy atom. The smallest absolute Gasteiger partial charge is 0.303 e. The van der Waals surface area contributed by atoms with Crippen LogP contribution in [0.5, 0.6) is 0 Å². The minimum Gasteiger partial charge on any atom is -0.451 e. The van der Waals surface area contributed by atoms with E-state index >= 15 is 0 Å². The van der Waals surface area contributed by atoms with Crippen LogP contribution in [0.25, 0.3) is 0 Å². The normalized spacial score (nSPS) is 16.2. The molecule has 0 saturated carbocycles. The Bertz CT molecular complexity index is 1740. The summed E-state index contributed by atoms with van der Waals surface area (Å²) in [6.45, 7) is 4.69. The molecule has 1 amide bonds. The Hall–Kier alpha value is -4.69. The first kappa shape index (κ1) is 33.2. The van der Waals surface area contributed by atoms with Crippen molar-refractivity contribution in [3.63, 3.8) is 0 Å². The van der Waals surface area contributed by atoms with Crippen LogP contribution < -0.4 is 10.2 Å². The second kappa shape index (κ2) is 15.0. The van der Waals surface area contributed by atoms with Crippen molar-refractivity contribution in [2.45, 2.75) is 42.3 Å². The molecule has 1 aliphatic heterocycles. The highest BCUT2D eigenvalue weighted by atomic mass is 32.2. The van der Waals surface area contributed by atoms with E-state index in [0.29, 0.717) is 19.7 Å². The van der Waals surface area contributed by atoms with Crippen molar-refractivity contribution in [3.8, 4) is 0 Å². The number of carbonyl (C=O) groups is 2. The van der Waals surface area contributed by atoms with Crippen LogP contribution >= 0.6 is 11.8 Å². The standard InChI is InChI=1S/C41H40N2O4S/c1-29-19-22-32(23-20-29)39-38(47-30(2)44)40(45)43(26-25-42-3)36-24-21-31(27-37(36)48-39)28-46-41(33-13-7-4-8-14-33,34-15-9-5-10-16-34)35-17-11-6-12-18-35/h4-24,27,38-39,42H,25-26,28H2,1-3H3/t38-,39+/m1/s1. The van der Waals surface area contributed by atoms with Gasteiger partial charge in [0.25, 0.3) is 5.91 Å². The number of nitrogens with zero attached hydrogens (tertiary/aromatic N) is 1. The topological polar surface area (TPSA) is 67.9 Å². The SMILES string of the molecule is CNCCN1C(=O)[C@H](OC(C)=O)[C@H](c2ccc(C)cc2)Sc2cc(COC(c3ccccc3)(c3ccccc3)c3ccccc3)ccc21. The number of hydrogen-bond donors (Lipinski definition) is 1. The van der Waals surface area contributed by atoms with Crippen LogP contribution in [-0.2, 0) is 31.3 Å². The number of amides is 1. The minimum atomic E-state index is -0.985. The van der Waals surface area contributed by atoms with Crippen LogP contribution in [-0.4, -0.2) is 38.1 Å². The van der Waals surface area contributed by atoms with Gasteiger partial charge in [0.05, 0.1) is 17.5 Å². The first-order valence-electron chi connectivity index (χ1n) is 16.2. The number of aryl methyl sites for hydroxylation is 1. The van der Waals surface area contributed by atoms with E-state index in [1.807, 2.05) is 105 Å². The van der Waals surface area contributed by atoms with E-state index in [9.17, 15) is 9.59 Å². The number of rotatable bonds is 11. The Morgan fingerprint density at radius 2 is 1.38 bits per heavy atom. The monoisotopic (exact) mass is 656 g/mol. The molecule has 6 nitrogen and oxygen atoms in total. The molecule has 2 atom stereocenters. The Kier molecular flexibility index (Phi) is 10.4. The van der Waals surface area contributed by atoms with Crippen molar-refractivity contribution in [3.05, 3.63) is 167 Å². The number of hydrogen-bond acceptors (Lipinski definition) is 6. The summed E-state index contributed by atoms with van der Waals surface area (Å²) >= 11 is 1.55. The van der Waals surface area contributed by atoms with Gasteiger partial charge in [-0.3, -0.25) is 9.59 Å². The van der Waals surface area contributed by atoms with Crippen molar-refractivity contribution in [1.29, 1.82) is 0 Å². The van der Waals surface area contributed by atoms with Crippen LogP contribution in [0.15, 0.2) is 138 Å². The van der Waals surface area contributed by atoms with Crippen LogP contribution in [0, 0.1) is 6.92 Å². The van der Waals surface area contributed by atoms with E-state index in [1.54, 1.807) is 16.7 Å². The van der Waals surface area contributed by atoms with E-state index in [0.717, 1.165) is 44.0 Å². The average Bonchev–Trinajstić information content (AvgIpc) is 3.22. The number of ether oxygens (including phenoxy) is 2. The number of likely N-dealkylation sites (N-methyl/N-ethyl adjacent to an activating group) is 1. The van der Waals surface area contributed by atoms with Gasteiger partial charge < -0.3 is 19.7 Å². The largest absolute Gasteiger partial charge is 0.451 e. The van der Waals surface area contributed by atoms with Gasteiger partial charge in [-0.15, -0.1) is 11.8 Å². The summed E-state index contributed by atoms with van der Waals surface area (Å²) in [6.07, 6.45) is -0.985. The average molecular weight is 657 g/mol. The van der Waals surface area contributed by atoms with Crippen LogP contribution in [0.2, 0.25) is 0 Å². The zero-order valence-corrected chi connectivity index (χ0v) is 28.3. The van der Waals surface area contributed by atoms with Crippen LogP contribution in [0.4, 0.5) is 5.69 Å². The molecular formula is C41H40N2O4S. The van der Waals surface area contributed by atoms with Gasteiger partial charge in [0, 0.05) is 24.9 Å². The van der Waals surface area contributed by atoms with E-state index in [1.165, 1.54) is 6.92 Å². The fourth-order valence-electron chi connectivity index (χ4n) is 6.27. The van der Waals surface area contributed by atoms with E-state index < -0.39 is 22.9 Å². The summed E-state index contributed by atoms with van der Waals surface area (Å²) in [5.41, 5.74) is 5.99. The molecule has 6 rings (SSSR count). The molecule has 0 bridgehead atoms. The number of carbonyl (C=O) groups excluding carboxylic acids is 2. The van der Waals surface area contributed by atoms with E-state index in [2.05, 4.69) is 47.8 Å². The third kappa shape index (κ3) is 6.95. The quantitative estimate of drug-likeness (QED) is 0.115. The molecule has 0 aromatic heterocycles. The molecule has 0 saturated heterocycles. The molecule has 0 fully saturated rings. The first-order chi connectivity index (χ1) is 23.4. The van der Waals surface area contributed by atoms with Gasteiger partial charge in [0.1, 0.15) is 5.60 Å². The van der Waals surface area contributed by atoms with E-state index in [-0.39, 0.29) is 5.91 Å². The lowest BCUT2D eigenvalue weighted by Gasteiger charge is -2.36. The van der Waals surface area contributed by atoms with Crippen molar-refractivity contribution >= 4 is 29.3 Å². The summed E-state index contributed by atoms with van der Waals surface area (Å²) < 4.78 is 12.9. The second-order valence-corrected chi connectivity index (χ2v) is 13.1. The summed E-state index contributed by atoms with van der Waals surface area (Å²) in [4.78, 5) is 29.2.